The lowest BCUT2D eigenvalue weighted by atomic mass is 9.98. The summed E-state index contributed by atoms with van der Waals surface area (Å²) in [7, 11) is 0. The number of unbranched alkanes of at least 4 members (excludes halogenated alkanes) is 2. The van der Waals surface area contributed by atoms with E-state index in [0.717, 1.165) is 0 Å². The van der Waals surface area contributed by atoms with E-state index in [1.54, 1.807) is 5.56 Å². The molecule has 1 heteroatoms. The van der Waals surface area contributed by atoms with E-state index in [2.05, 4.69) is 48.0 Å². The molecule has 0 bridgehead atoms. The fourth-order valence-corrected chi connectivity index (χ4v) is 2.44. The van der Waals surface area contributed by atoms with Crippen molar-refractivity contribution >= 4 is 15.9 Å². The maximum atomic E-state index is 3.67. The highest BCUT2D eigenvalue weighted by molar-refractivity contribution is 9.10. The summed E-state index contributed by atoms with van der Waals surface area (Å²) in [5, 5.41) is 0. The van der Waals surface area contributed by atoms with E-state index in [1.807, 2.05) is 0 Å². The molecule has 0 unspecified atom stereocenters. The van der Waals surface area contributed by atoms with Crippen LogP contribution in [0.5, 0.6) is 0 Å². The average Bonchev–Trinajstić information content (AvgIpc) is 2.25. The lowest BCUT2D eigenvalue weighted by Crippen LogP contribution is -1.96. The first-order chi connectivity index (χ1) is 7.29. The zero-order valence-corrected chi connectivity index (χ0v) is 11.4. The van der Waals surface area contributed by atoms with Gasteiger partial charge in [0.1, 0.15) is 0 Å². The molecule has 0 fully saturated rings. The second kappa shape index (κ2) is 7.05. The van der Waals surface area contributed by atoms with Crippen LogP contribution in [0, 0.1) is 0 Å². The minimum atomic E-state index is 1.22. The molecule has 84 valence electrons. The fraction of sp³-hybridized carbons (Fsp3) is 0.571. The molecule has 0 aromatic heterocycles. The molecule has 1 rings (SSSR count). The van der Waals surface area contributed by atoms with Crippen molar-refractivity contribution in [3.05, 3.63) is 33.8 Å². The van der Waals surface area contributed by atoms with Gasteiger partial charge in [-0.3, -0.25) is 0 Å². The van der Waals surface area contributed by atoms with Crippen molar-refractivity contribution in [2.24, 2.45) is 0 Å². The molecule has 0 saturated heterocycles. The maximum Gasteiger partial charge on any atom is 0.0210 e. The highest BCUT2D eigenvalue weighted by Crippen LogP contribution is 2.24. The normalized spacial score (nSPS) is 10.6. The van der Waals surface area contributed by atoms with Gasteiger partial charge in [-0.15, -0.1) is 0 Å². The molecule has 15 heavy (non-hydrogen) atoms. The van der Waals surface area contributed by atoms with Crippen LogP contribution in [0.25, 0.3) is 0 Å². The maximum absolute atomic E-state index is 3.67. The van der Waals surface area contributed by atoms with Crippen LogP contribution in [-0.2, 0) is 12.8 Å². The Morgan fingerprint density at radius 1 is 1.00 bits per heavy atom. The summed E-state index contributed by atoms with van der Waals surface area (Å²) in [5.41, 5.74) is 3.08. The number of hydrogen-bond donors (Lipinski definition) is 0. The summed E-state index contributed by atoms with van der Waals surface area (Å²) in [6.07, 6.45) is 7.59. The smallest absolute Gasteiger partial charge is 0.0210 e. The molecule has 0 aliphatic heterocycles. The summed E-state index contributed by atoms with van der Waals surface area (Å²) in [5.74, 6) is 0. The van der Waals surface area contributed by atoms with Gasteiger partial charge in [-0.1, -0.05) is 54.8 Å². The van der Waals surface area contributed by atoms with Crippen LogP contribution in [0.1, 0.15) is 50.7 Å². The van der Waals surface area contributed by atoms with Crippen molar-refractivity contribution in [3.63, 3.8) is 0 Å². The molecular weight excluding hydrogens is 248 g/mol. The monoisotopic (exact) mass is 268 g/mol. The SMILES string of the molecule is CCCCc1cccc(Br)c1CCCC. The standard InChI is InChI=1S/C14H21Br/c1-3-5-8-12-9-7-11-14(15)13(12)10-6-4-2/h7,9,11H,3-6,8,10H2,1-2H3. The van der Waals surface area contributed by atoms with Crippen molar-refractivity contribution < 1.29 is 0 Å². The van der Waals surface area contributed by atoms with Gasteiger partial charge >= 0.3 is 0 Å². The summed E-state index contributed by atoms with van der Waals surface area (Å²) in [4.78, 5) is 0. The molecule has 0 saturated carbocycles. The van der Waals surface area contributed by atoms with Crippen LogP contribution in [0.4, 0.5) is 0 Å². The van der Waals surface area contributed by atoms with E-state index in [1.165, 1.54) is 48.6 Å². The van der Waals surface area contributed by atoms with Crippen LogP contribution in [0.3, 0.4) is 0 Å². The lowest BCUT2D eigenvalue weighted by molar-refractivity contribution is 0.756. The second-order valence-corrected chi connectivity index (χ2v) is 4.94. The summed E-state index contributed by atoms with van der Waals surface area (Å²) in [6.45, 7) is 4.51. The number of hydrogen-bond acceptors (Lipinski definition) is 0. The third-order valence-corrected chi connectivity index (χ3v) is 3.54. The predicted molar refractivity (Wildman–Crippen MR) is 71.4 cm³/mol. The summed E-state index contributed by atoms with van der Waals surface area (Å²) >= 11 is 3.67. The third-order valence-electron chi connectivity index (χ3n) is 2.80. The first-order valence-electron chi connectivity index (χ1n) is 6.05. The molecule has 0 atom stereocenters. The fourth-order valence-electron chi connectivity index (χ4n) is 1.84. The molecule has 0 aliphatic carbocycles. The van der Waals surface area contributed by atoms with E-state index in [0.29, 0.717) is 0 Å². The van der Waals surface area contributed by atoms with E-state index in [-0.39, 0.29) is 0 Å². The van der Waals surface area contributed by atoms with Gasteiger partial charge in [0.2, 0.25) is 0 Å². The van der Waals surface area contributed by atoms with Gasteiger partial charge in [-0.2, -0.15) is 0 Å². The highest BCUT2D eigenvalue weighted by Gasteiger charge is 2.05. The van der Waals surface area contributed by atoms with Gasteiger partial charge in [0.05, 0.1) is 0 Å². The average molecular weight is 269 g/mol. The predicted octanol–water partition coefficient (Wildman–Crippen LogP) is 5.13. The van der Waals surface area contributed by atoms with Crippen LogP contribution in [0.2, 0.25) is 0 Å². The van der Waals surface area contributed by atoms with E-state index >= 15 is 0 Å². The van der Waals surface area contributed by atoms with Gasteiger partial charge < -0.3 is 0 Å². The molecule has 0 spiro atoms. The second-order valence-electron chi connectivity index (χ2n) is 4.08. The Labute approximate surface area is 102 Å². The minimum Gasteiger partial charge on any atom is -0.0654 e. The van der Waals surface area contributed by atoms with Crippen molar-refractivity contribution in [2.45, 2.75) is 52.4 Å². The van der Waals surface area contributed by atoms with Crippen molar-refractivity contribution in [3.8, 4) is 0 Å². The van der Waals surface area contributed by atoms with Gasteiger partial charge in [-0.25, -0.2) is 0 Å². The summed E-state index contributed by atoms with van der Waals surface area (Å²) < 4.78 is 1.30. The molecule has 0 N–H and O–H groups in total. The molecule has 0 radical (unpaired) electrons. The number of aryl methyl sites for hydroxylation is 1. The number of rotatable bonds is 6. The number of halogens is 1. The molecule has 0 nitrogen and oxygen atoms in total. The van der Waals surface area contributed by atoms with Gasteiger partial charge in [-0.05, 0) is 42.9 Å². The van der Waals surface area contributed by atoms with Crippen LogP contribution in [0.15, 0.2) is 22.7 Å². The Morgan fingerprint density at radius 3 is 2.33 bits per heavy atom. The first kappa shape index (κ1) is 12.8. The van der Waals surface area contributed by atoms with Gasteiger partial charge in [0, 0.05) is 4.47 Å². The zero-order valence-electron chi connectivity index (χ0n) is 9.85. The third kappa shape index (κ3) is 3.98. The molecule has 1 aromatic carbocycles. The molecule has 0 heterocycles. The van der Waals surface area contributed by atoms with Gasteiger partial charge in [0.25, 0.3) is 0 Å². The Morgan fingerprint density at radius 2 is 1.67 bits per heavy atom. The molecule has 1 aromatic rings. The van der Waals surface area contributed by atoms with Crippen molar-refractivity contribution in [1.29, 1.82) is 0 Å². The quantitative estimate of drug-likeness (QED) is 0.671. The van der Waals surface area contributed by atoms with E-state index < -0.39 is 0 Å². The van der Waals surface area contributed by atoms with Crippen LogP contribution in [-0.4, -0.2) is 0 Å². The van der Waals surface area contributed by atoms with Crippen LogP contribution < -0.4 is 0 Å². The Bertz CT molecular complexity index is 291. The largest absolute Gasteiger partial charge is 0.0654 e. The van der Waals surface area contributed by atoms with Crippen molar-refractivity contribution in [2.75, 3.05) is 0 Å². The molecular formula is C14H21Br. The van der Waals surface area contributed by atoms with Crippen molar-refractivity contribution in [1.82, 2.24) is 0 Å². The number of benzene rings is 1. The summed E-state index contributed by atoms with van der Waals surface area (Å²) in [6, 6.07) is 6.61. The first-order valence-corrected chi connectivity index (χ1v) is 6.85. The zero-order chi connectivity index (χ0) is 11.1. The Balaban J connectivity index is 2.77. The van der Waals surface area contributed by atoms with Gasteiger partial charge in [0.15, 0.2) is 0 Å². The van der Waals surface area contributed by atoms with E-state index in [4.69, 9.17) is 0 Å². The van der Waals surface area contributed by atoms with E-state index in [9.17, 15) is 0 Å². The van der Waals surface area contributed by atoms with Crippen LogP contribution >= 0.6 is 15.9 Å². The molecule has 0 aliphatic rings. The lowest BCUT2D eigenvalue weighted by Gasteiger charge is -2.10. The highest BCUT2D eigenvalue weighted by atomic mass is 79.9. The topological polar surface area (TPSA) is 0 Å². The molecule has 0 amide bonds. The minimum absolute atomic E-state index is 1.22. The Hall–Kier alpha value is -0.300. The Kier molecular flexibility index (Phi) is 6.00.